The lowest BCUT2D eigenvalue weighted by molar-refractivity contribution is 0.423. The van der Waals surface area contributed by atoms with Crippen LogP contribution in [-0.4, -0.2) is 11.0 Å². The van der Waals surface area contributed by atoms with Gasteiger partial charge in [0.05, 0.1) is 5.69 Å². The molecule has 1 fully saturated rings. The Balaban J connectivity index is 1.72. The second kappa shape index (κ2) is 5.59. The van der Waals surface area contributed by atoms with Gasteiger partial charge in [-0.15, -0.1) is 0 Å². The van der Waals surface area contributed by atoms with Crippen LogP contribution in [0.1, 0.15) is 24.1 Å². The summed E-state index contributed by atoms with van der Waals surface area (Å²) in [5.41, 5.74) is 1.47. The molecule has 20 heavy (non-hydrogen) atoms. The van der Waals surface area contributed by atoms with E-state index in [-0.39, 0.29) is 11.6 Å². The number of benzene rings is 1. The van der Waals surface area contributed by atoms with Gasteiger partial charge < -0.3 is 10.1 Å². The molecule has 0 spiro atoms. The minimum atomic E-state index is -0.337. The fourth-order valence-corrected chi connectivity index (χ4v) is 1.96. The number of halogens is 1. The van der Waals surface area contributed by atoms with Gasteiger partial charge in [0.15, 0.2) is 11.6 Å². The minimum Gasteiger partial charge on any atom is -0.436 e. The molecule has 1 aromatic carbocycles. The molecule has 1 N–H and O–H groups in total. The van der Waals surface area contributed by atoms with E-state index >= 15 is 0 Å². The topological polar surface area (TPSA) is 34.1 Å². The van der Waals surface area contributed by atoms with Crippen LogP contribution in [0.5, 0.6) is 11.6 Å². The molecule has 1 aliphatic carbocycles. The third kappa shape index (κ3) is 3.14. The minimum absolute atomic E-state index is 0.213. The second-order valence-corrected chi connectivity index (χ2v) is 5.11. The first kappa shape index (κ1) is 13.1. The maximum Gasteiger partial charge on any atom is 0.219 e. The Bertz CT molecular complexity index is 611. The number of hydrogen-bond donors (Lipinski definition) is 1. The SMILES string of the molecule is Cc1cccc(Oc2cccc(CNC3CC3)n2)c1F. The van der Waals surface area contributed by atoms with Gasteiger partial charge in [-0.2, -0.15) is 0 Å². The highest BCUT2D eigenvalue weighted by molar-refractivity contribution is 5.33. The summed E-state index contributed by atoms with van der Waals surface area (Å²) in [6.07, 6.45) is 2.48. The molecule has 1 heterocycles. The molecule has 104 valence electrons. The van der Waals surface area contributed by atoms with E-state index in [1.165, 1.54) is 12.8 Å². The van der Waals surface area contributed by atoms with Gasteiger partial charge in [-0.25, -0.2) is 9.37 Å². The van der Waals surface area contributed by atoms with Gasteiger partial charge in [-0.05, 0) is 37.5 Å². The van der Waals surface area contributed by atoms with Crippen LogP contribution in [0.25, 0.3) is 0 Å². The van der Waals surface area contributed by atoms with Gasteiger partial charge in [-0.1, -0.05) is 18.2 Å². The molecule has 0 atom stereocenters. The predicted molar refractivity (Wildman–Crippen MR) is 75.3 cm³/mol. The number of aromatic nitrogens is 1. The smallest absolute Gasteiger partial charge is 0.219 e. The fraction of sp³-hybridized carbons (Fsp3) is 0.312. The monoisotopic (exact) mass is 272 g/mol. The van der Waals surface area contributed by atoms with Crippen molar-refractivity contribution in [2.45, 2.75) is 32.4 Å². The molecule has 1 saturated carbocycles. The zero-order chi connectivity index (χ0) is 13.9. The molecular formula is C16H17FN2O. The van der Waals surface area contributed by atoms with Gasteiger partial charge >= 0.3 is 0 Å². The fourth-order valence-electron chi connectivity index (χ4n) is 1.96. The van der Waals surface area contributed by atoms with E-state index < -0.39 is 0 Å². The quantitative estimate of drug-likeness (QED) is 0.903. The summed E-state index contributed by atoms with van der Waals surface area (Å²) >= 11 is 0. The maximum absolute atomic E-state index is 13.9. The first-order chi connectivity index (χ1) is 9.72. The van der Waals surface area contributed by atoms with Gasteiger partial charge in [0.1, 0.15) is 0 Å². The van der Waals surface area contributed by atoms with Crippen LogP contribution in [0.3, 0.4) is 0 Å². The number of rotatable bonds is 5. The van der Waals surface area contributed by atoms with Crippen molar-refractivity contribution in [1.82, 2.24) is 10.3 Å². The van der Waals surface area contributed by atoms with Crippen LogP contribution >= 0.6 is 0 Å². The van der Waals surface area contributed by atoms with Crippen molar-refractivity contribution in [3.63, 3.8) is 0 Å². The zero-order valence-electron chi connectivity index (χ0n) is 11.4. The molecule has 3 rings (SSSR count). The number of nitrogens with one attached hydrogen (secondary N) is 1. The van der Waals surface area contributed by atoms with Crippen molar-refractivity contribution in [2.75, 3.05) is 0 Å². The first-order valence-electron chi connectivity index (χ1n) is 6.84. The number of nitrogens with zero attached hydrogens (tertiary/aromatic N) is 1. The Morgan fingerprint density at radius 2 is 2.05 bits per heavy atom. The summed E-state index contributed by atoms with van der Waals surface area (Å²) in [5, 5.41) is 3.39. The Hall–Kier alpha value is -1.94. The van der Waals surface area contributed by atoms with Gasteiger partial charge in [0.25, 0.3) is 0 Å². The van der Waals surface area contributed by atoms with E-state index in [4.69, 9.17) is 4.74 Å². The van der Waals surface area contributed by atoms with E-state index in [1.807, 2.05) is 12.1 Å². The van der Waals surface area contributed by atoms with Gasteiger partial charge in [0.2, 0.25) is 5.88 Å². The summed E-state index contributed by atoms with van der Waals surface area (Å²) in [7, 11) is 0. The van der Waals surface area contributed by atoms with Crippen molar-refractivity contribution in [2.24, 2.45) is 0 Å². The summed E-state index contributed by atoms with van der Waals surface area (Å²) in [4.78, 5) is 4.39. The van der Waals surface area contributed by atoms with E-state index in [9.17, 15) is 4.39 Å². The molecular weight excluding hydrogens is 255 g/mol. The molecule has 0 radical (unpaired) electrons. The number of aryl methyl sites for hydroxylation is 1. The molecule has 3 nitrogen and oxygen atoms in total. The van der Waals surface area contributed by atoms with Crippen molar-refractivity contribution in [3.05, 3.63) is 53.5 Å². The van der Waals surface area contributed by atoms with Gasteiger partial charge in [-0.3, -0.25) is 0 Å². The molecule has 0 unspecified atom stereocenters. The second-order valence-electron chi connectivity index (χ2n) is 5.11. The lowest BCUT2D eigenvalue weighted by Gasteiger charge is -2.09. The molecule has 2 aromatic rings. The van der Waals surface area contributed by atoms with Crippen molar-refractivity contribution in [1.29, 1.82) is 0 Å². The largest absolute Gasteiger partial charge is 0.436 e. The lowest BCUT2D eigenvalue weighted by atomic mass is 10.2. The summed E-state index contributed by atoms with van der Waals surface area (Å²) < 4.78 is 19.4. The first-order valence-corrected chi connectivity index (χ1v) is 6.84. The van der Waals surface area contributed by atoms with E-state index in [1.54, 1.807) is 31.2 Å². The lowest BCUT2D eigenvalue weighted by Crippen LogP contribution is -2.16. The van der Waals surface area contributed by atoms with Crippen LogP contribution in [0.2, 0.25) is 0 Å². The number of hydrogen-bond acceptors (Lipinski definition) is 3. The third-order valence-electron chi connectivity index (χ3n) is 3.30. The maximum atomic E-state index is 13.9. The van der Waals surface area contributed by atoms with E-state index in [0.717, 1.165) is 12.2 Å². The molecule has 0 saturated heterocycles. The Morgan fingerprint density at radius 1 is 1.25 bits per heavy atom. The predicted octanol–water partition coefficient (Wildman–Crippen LogP) is 3.57. The molecule has 0 aliphatic heterocycles. The molecule has 0 amide bonds. The zero-order valence-corrected chi connectivity index (χ0v) is 11.4. The van der Waals surface area contributed by atoms with Gasteiger partial charge in [0, 0.05) is 18.7 Å². The number of ether oxygens (including phenoxy) is 1. The average molecular weight is 272 g/mol. The summed E-state index contributed by atoms with van der Waals surface area (Å²) in [6.45, 7) is 2.43. The Morgan fingerprint density at radius 3 is 2.85 bits per heavy atom. The average Bonchev–Trinajstić information content (AvgIpc) is 3.26. The third-order valence-corrected chi connectivity index (χ3v) is 3.30. The van der Waals surface area contributed by atoms with E-state index in [0.29, 0.717) is 17.5 Å². The van der Waals surface area contributed by atoms with Crippen LogP contribution in [0, 0.1) is 12.7 Å². The highest BCUT2D eigenvalue weighted by atomic mass is 19.1. The van der Waals surface area contributed by atoms with Crippen LogP contribution in [0.4, 0.5) is 4.39 Å². The van der Waals surface area contributed by atoms with Crippen LogP contribution in [0.15, 0.2) is 36.4 Å². The standard InChI is InChI=1S/C16H17FN2O/c1-11-4-2-6-14(16(11)17)20-15-7-3-5-13(19-15)10-18-12-8-9-12/h2-7,12,18H,8-10H2,1H3. The highest BCUT2D eigenvalue weighted by Crippen LogP contribution is 2.25. The molecule has 0 bridgehead atoms. The van der Waals surface area contributed by atoms with Crippen LogP contribution < -0.4 is 10.1 Å². The Labute approximate surface area is 117 Å². The van der Waals surface area contributed by atoms with Crippen molar-refractivity contribution < 1.29 is 9.13 Å². The van der Waals surface area contributed by atoms with Crippen LogP contribution in [-0.2, 0) is 6.54 Å². The molecule has 4 heteroatoms. The Kier molecular flexibility index (Phi) is 3.65. The van der Waals surface area contributed by atoms with Crippen molar-refractivity contribution in [3.8, 4) is 11.6 Å². The normalized spacial score (nSPS) is 14.3. The molecule has 1 aromatic heterocycles. The number of pyridine rings is 1. The van der Waals surface area contributed by atoms with Crippen molar-refractivity contribution >= 4 is 0 Å². The highest BCUT2D eigenvalue weighted by Gasteiger charge is 2.20. The molecule has 1 aliphatic rings. The summed E-state index contributed by atoms with van der Waals surface area (Å²) in [6, 6.07) is 11.3. The van der Waals surface area contributed by atoms with E-state index in [2.05, 4.69) is 10.3 Å². The summed E-state index contributed by atoms with van der Waals surface area (Å²) in [5.74, 6) is 0.296.